The summed E-state index contributed by atoms with van der Waals surface area (Å²) in [6.45, 7) is 4.08. The van der Waals surface area contributed by atoms with E-state index in [1.54, 1.807) is 26.0 Å². The predicted octanol–water partition coefficient (Wildman–Crippen LogP) is 7.08. The third kappa shape index (κ3) is 5.38. The van der Waals surface area contributed by atoms with Gasteiger partial charge in [0, 0.05) is 27.2 Å². The number of carbonyl (C=O) groups excluding carboxylic acids is 1. The summed E-state index contributed by atoms with van der Waals surface area (Å²) in [5.41, 5.74) is 4.10. The first-order valence-electron chi connectivity index (χ1n) is 9.66. The molecule has 30 heavy (non-hydrogen) atoms. The number of rotatable bonds is 8. The second kappa shape index (κ2) is 10.1. The number of thioether (sulfide) groups is 1. The van der Waals surface area contributed by atoms with E-state index in [0.29, 0.717) is 22.9 Å². The van der Waals surface area contributed by atoms with E-state index >= 15 is 0 Å². The van der Waals surface area contributed by atoms with Gasteiger partial charge >= 0.3 is 0 Å². The van der Waals surface area contributed by atoms with Crippen LogP contribution in [0.2, 0.25) is 5.02 Å². The molecular weight excluding hydrogens is 416 g/mol. The lowest BCUT2D eigenvalue weighted by Crippen LogP contribution is -2.06. The number of benzene rings is 3. The summed E-state index contributed by atoms with van der Waals surface area (Å²) in [6.07, 6.45) is 0.378. The number of halogens is 1. The van der Waals surface area contributed by atoms with E-state index < -0.39 is 0 Å². The van der Waals surface area contributed by atoms with Crippen molar-refractivity contribution >= 4 is 29.1 Å². The molecule has 3 rings (SSSR count). The normalized spacial score (nSPS) is 11.8. The SMILES string of the molecule is COc1ccc(S[C@@H](CC(=O)c2ccc(C)c(C)c2)c2ccc(Cl)cc2)cc1OC. The molecule has 3 nitrogen and oxygen atoms in total. The molecule has 0 spiro atoms. The summed E-state index contributed by atoms with van der Waals surface area (Å²) in [4.78, 5) is 14.1. The maximum atomic E-state index is 13.1. The minimum absolute atomic E-state index is 0.0607. The van der Waals surface area contributed by atoms with E-state index in [9.17, 15) is 4.79 Å². The highest BCUT2D eigenvalue weighted by Crippen LogP contribution is 2.41. The first-order valence-corrected chi connectivity index (χ1v) is 10.9. The van der Waals surface area contributed by atoms with Crippen LogP contribution in [0.15, 0.2) is 65.6 Å². The summed E-state index contributed by atoms with van der Waals surface area (Å²) >= 11 is 7.71. The zero-order valence-corrected chi connectivity index (χ0v) is 19.1. The molecule has 3 aromatic rings. The van der Waals surface area contributed by atoms with Gasteiger partial charge in [0.1, 0.15) is 0 Å². The van der Waals surface area contributed by atoms with Crippen LogP contribution in [0.25, 0.3) is 0 Å². The molecule has 0 N–H and O–H groups in total. The largest absolute Gasteiger partial charge is 0.493 e. The molecule has 0 aliphatic carbocycles. The Balaban J connectivity index is 1.89. The van der Waals surface area contributed by atoms with Crippen LogP contribution >= 0.6 is 23.4 Å². The third-order valence-electron chi connectivity index (χ3n) is 5.07. The highest BCUT2D eigenvalue weighted by atomic mass is 35.5. The van der Waals surface area contributed by atoms with E-state index in [2.05, 4.69) is 0 Å². The molecule has 0 aliphatic heterocycles. The molecule has 0 fully saturated rings. The van der Waals surface area contributed by atoms with Crippen molar-refractivity contribution in [2.75, 3.05) is 14.2 Å². The van der Waals surface area contributed by atoms with Crippen LogP contribution in [0.4, 0.5) is 0 Å². The van der Waals surface area contributed by atoms with Crippen molar-refractivity contribution in [2.45, 2.75) is 30.4 Å². The lowest BCUT2D eigenvalue weighted by molar-refractivity contribution is 0.0982. The molecule has 0 unspecified atom stereocenters. The Morgan fingerprint density at radius 1 is 0.900 bits per heavy atom. The molecule has 0 amide bonds. The molecule has 0 heterocycles. The van der Waals surface area contributed by atoms with E-state index in [-0.39, 0.29) is 11.0 Å². The second-order valence-corrected chi connectivity index (χ2v) is 8.81. The van der Waals surface area contributed by atoms with E-state index in [1.807, 2.05) is 74.5 Å². The Kier molecular flexibility index (Phi) is 7.46. The average molecular weight is 441 g/mol. The van der Waals surface area contributed by atoms with Crippen LogP contribution in [-0.4, -0.2) is 20.0 Å². The fourth-order valence-corrected chi connectivity index (χ4v) is 4.46. The highest BCUT2D eigenvalue weighted by Gasteiger charge is 2.20. The van der Waals surface area contributed by atoms with Gasteiger partial charge in [-0.3, -0.25) is 4.79 Å². The van der Waals surface area contributed by atoms with Crippen LogP contribution in [-0.2, 0) is 0 Å². The van der Waals surface area contributed by atoms with Crippen molar-refractivity contribution < 1.29 is 14.3 Å². The van der Waals surface area contributed by atoms with E-state index in [4.69, 9.17) is 21.1 Å². The molecule has 0 bridgehead atoms. The topological polar surface area (TPSA) is 35.5 Å². The van der Waals surface area contributed by atoms with Gasteiger partial charge in [-0.1, -0.05) is 35.9 Å². The van der Waals surface area contributed by atoms with Gasteiger partial charge in [0.25, 0.3) is 0 Å². The van der Waals surface area contributed by atoms with Crippen LogP contribution in [0.3, 0.4) is 0 Å². The summed E-state index contributed by atoms with van der Waals surface area (Å²) in [6, 6.07) is 19.4. The van der Waals surface area contributed by atoms with Gasteiger partial charge in [-0.2, -0.15) is 0 Å². The van der Waals surface area contributed by atoms with Crippen molar-refractivity contribution in [3.8, 4) is 11.5 Å². The highest BCUT2D eigenvalue weighted by molar-refractivity contribution is 7.99. The zero-order valence-electron chi connectivity index (χ0n) is 17.6. The Hall–Kier alpha value is -2.43. The van der Waals surface area contributed by atoms with Gasteiger partial charge in [-0.15, -0.1) is 11.8 Å². The number of carbonyl (C=O) groups is 1. The summed E-state index contributed by atoms with van der Waals surface area (Å²) in [7, 11) is 3.23. The molecule has 0 radical (unpaired) electrons. The maximum Gasteiger partial charge on any atom is 0.164 e. The lowest BCUT2D eigenvalue weighted by Gasteiger charge is -2.18. The van der Waals surface area contributed by atoms with Gasteiger partial charge in [0.05, 0.1) is 14.2 Å². The third-order valence-corrected chi connectivity index (χ3v) is 6.58. The average Bonchev–Trinajstić information content (AvgIpc) is 2.75. The minimum atomic E-state index is -0.0607. The zero-order chi connectivity index (χ0) is 21.7. The second-order valence-electron chi connectivity index (χ2n) is 7.10. The molecule has 0 saturated carbocycles. The molecule has 5 heteroatoms. The van der Waals surface area contributed by atoms with Crippen molar-refractivity contribution in [1.29, 1.82) is 0 Å². The Bertz CT molecular complexity index is 1030. The van der Waals surface area contributed by atoms with Crippen molar-refractivity contribution in [2.24, 2.45) is 0 Å². The molecule has 3 aromatic carbocycles. The number of ketones is 1. The number of hydrogen-bond acceptors (Lipinski definition) is 4. The fourth-order valence-electron chi connectivity index (χ4n) is 3.16. The Morgan fingerprint density at radius 2 is 1.60 bits per heavy atom. The predicted molar refractivity (Wildman–Crippen MR) is 124 cm³/mol. The summed E-state index contributed by atoms with van der Waals surface area (Å²) in [5, 5.41) is 0.614. The summed E-state index contributed by atoms with van der Waals surface area (Å²) in [5.74, 6) is 1.46. The van der Waals surface area contributed by atoms with E-state index in [1.165, 1.54) is 5.56 Å². The Labute approximate surface area is 187 Å². The standard InChI is InChI=1S/C25H25ClO3S/c1-16-5-6-19(13-17(16)2)22(27)15-25(18-7-9-20(26)10-8-18)30-21-11-12-23(28-3)24(14-21)29-4/h5-14,25H,15H2,1-4H3/t25-/m0/s1. The fraction of sp³-hybridized carbons (Fsp3) is 0.240. The van der Waals surface area contributed by atoms with Crippen LogP contribution < -0.4 is 9.47 Å². The number of methoxy groups -OCH3 is 2. The lowest BCUT2D eigenvalue weighted by atomic mass is 9.99. The smallest absolute Gasteiger partial charge is 0.164 e. The van der Waals surface area contributed by atoms with Crippen LogP contribution in [0.1, 0.15) is 38.7 Å². The van der Waals surface area contributed by atoms with Gasteiger partial charge in [-0.25, -0.2) is 0 Å². The van der Waals surface area contributed by atoms with Crippen molar-refractivity contribution in [3.05, 3.63) is 87.9 Å². The van der Waals surface area contributed by atoms with Gasteiger partial charge in [0.15, 0.2) is 17.3 Å². The Morgan fingerprint density at radius 3 is 2.23 bits per heavy atom. The van der Waals surface area contributed by atoms with Crippen LogP contribution in [0, 0.1) is 13.8 Å². The first kappa shape index (κ1) is 22.3. The number of Topliss-reactive ketones (excluding diaryl/α,β-unsaturated/α-hetero) is 1. The molecule has 0 aliphatic rings. The summed E-state index contributed by atoms with van der Waals surface area (Å²) < 4.78 is 10.8. The van der Waals surface area contributed by atoms with Gasteiger partial charge in [-0.05, 0) is 66.9 Å². The number of ether oxygens (including phenoxy) is 2. The molecule has 1 atom stereocenters. The van der Waals surface area contributed by atoms with E-state index in [0.717, 1.165) is 21.6 Å². The molecule has 156 valence electrons. The van der Waals surface area contributed by atoms with Gasteiger partial charge in [0.2, 0.25) is 0 Å². The van der Waals surface area contributed by atoms with Gasteiger partial charge < -0.3 is 9.47 Å². The van der Waals surface area contributed by atoms with Crippen LogP contribution in [0.5, 0.6) is 11.5 Å². The molecule has 0 saturated heterocycles. The molecular formula is C25H25ClO3S. The monoisotopic (exact) mass is 440 g/mol. The minimum Gasteiger partial charge on any atom is -0.493 e. The molecule has 0 aromatic heterocycles. The van der Waals surface area contributed by atoms with Crippen molar-refractivity contribution in [3.63, 3.8) is 0 Å². The maximum absolute atomic E-state index is 13.1. The first-order chi connectivity index (χ1) is 14.4. The quantitative estimate of drug-likeness (QED) is 0.277. The number of aryl methyl sites for hydroxylation is 2. The number of hydrogen-bond donors (Lipinski definition) is 0. The van der Waals surface area contributed by atoms with Crippen molar-refractivity contribution in [1.82, 2.24) is 0 Å².